The van der Waals surface area contributed by atoms with E-state index in [0.29, 0.717) is 5.54 Å². The molecule has 1 aliphatic rings. The Kier molecular flexibility index (Phi) is 2.04. The molecule has 0 radical (unpaired) electrons. The van der Waals surface area contributed by atoms with Crippen molar-refractivity contribution in [1.29, 1.82) is 0 Å². The lowest BCUT2D eigenvalue weighted by Crippen LogP contribution is -2.43. The number of likely N-dealkylation sites (tertiary alicyclic amines) is 1. The molecule has 1 unspecified atom stereocenters. The molecule has 1 atom stereocenters. The van der Waals surface area contributed by atoms with Crippen molar-refractivity contribution in [3.63, 3.8) is 0 Å². The van der Waals surface area contributed by atoms with Crippen LogP contribution in [0.4, 0.5) is 0 Å². The van der Waals surface area contributed by atoms with Gasteiger partial charge < -0.3 is 0 Å². The average Bonchev–Trinajstić information content (AvgIpc) is 2.11. The van der Waals surface area contributed by atoms with Crippen LogP contribution in [0, 0.1) is 0 Å². The smallest absolute Gasteiger partial charge is 0.0127 e. The van der Waals surface area contributed by atoms with E-state index in [1.54, 1.807) is 0 Å². The standard InChI is InChI=1S/C9H19N/c1-8-6-5-7-10(8)9(2,3)4/h8H,5-7H2,1-4H3. The van der Waals surface area contributed by atoms with Crippen LogP contribution < -0.4 is 0 Å². The summed E-state index contributed by atoms with van der Waals surface area (Å²) >= 11 is 0. The number of hydrogen-bond donors (Lipinski definition) is 0. The van der Waals surface area contributed by atoms with Crippen LogP contribution in [-0.2, 0) is 0 Å². The van der Waals surface area contributed by atoms with Gasteiger partial charge in [-0.05, 0) is 47.1 Å². The molecule has 0 amide bonds. The normalized spacial score (nSPS) is 29.4. The Labute approximate surface area is 64.4 Å². The minimum atomic E-state index is 0.385. The van der Waals surface area contributed by atoms with Crippen LogP contribution in [0.1, 0.15) is 40.5 Å². The molecule has 0 N–H and O–H groups in total. The Morgan fingerprint density at radius 2 is 1.90 bits per heavy atom. The van der Waals surface area contributed by atoms with Crippen molar-refractivity contribution in [2.45, 2.75) is 52.1 Å². The van der Waals surface area contributed by atoms with Gasteiger partial charge in [0.25, 0.3) is 0 Å². The molecule has 0 aromatic heterocycles. The van der Waals surface area contributed by atoms with E-state index >= 15 is 0 Å². The molecule has 1 rings (SSSR count). The highest BCUT2D eigenvalue weighted by Gasteiger charge is 2.29. The van der Waals surface area contributed by atoms with E-state index in [9.17, 15) is 0 Å². The molecule has 60 valence electrons. The number of nitrogens with zero attached hydrogens (tertiary/aromatic N) is 1. The van der Waals surface area contributed by atoms with Gasteiger partial charge in [-0.2, -0.15) is 0 Å². The summed E-state index contributed by atoms with van der Waals surface area (Å²) in [5.74, 6) is 0. The Balaban J connectivity index is 2.55. The lowest BCUT2D eigenvalue weighted by atomic mass is 10.1. The van der Waals surface area contributed by atoms with Gasteiger partial charge in [0.1, 0.15) is 0 Å². The summed E-state index contributed by atoms with van der Waals surface area (Å²) in [4.78, 5) is 2.59. The zero-order chi connectivity index (χ0) is 7.78. The van der Waals surface area contributed by atoms with Crippen molar-refractivity contribution in [2.75, 3.05) is 6.54 Å². The second-order valence-corrected chi connectivity index (χ2v) is 4.36. The molecule has 1 heterocycles. The first-order valence-electron chi connectivity index (χ1n) is 4.28. The second kappa shape index (κ2) is 2.54. The van der Waals surface area contributed by atoms with Gasteiger partial charge in [-0.25, -0.2) is 0 Å². The van der Waals surface area contributed by atoms with Crippen LogP contribution in [0.2, 0.25) is 0 Å². The van der Waals surface area contributed by atoms with Gasteiger partial charge in [-0.15, -0.1) is 0 Å². The summed E-state index contributed by atoms with van der Waals surface area (Å²) in [7, 11) is 0. The summed E-state index contributed by atoms with van der Waals surface area (Å²) in [6.07, 6.45) is 2.77. The Morgan fingerprint density at radius 3 is 2.10 bits per heavy atom. The van der Waals surface area contributed by atoms with Crippen LogP contribution >= 0.6 is 0 Å². The van der Waals surface area contributed by atoms with E-state index in [2.05, 4.69) is 32.6 Å². The Hall–Kier alpha value is -0.0400. The predicted octanol–water partition coefficient (Wildman–Crippen LogP) is 2.27. The van der Waals surface area contributed by atoms with Crippen LogP contribution in [0.3, 0.4) is 0 Å². The van der Waals surface area contributed by atoms with Crippen molar-refractivity contribution < 1.29 is 0 Å². The maximum Gasteiger partial charge on any atom is 0.0127 e. The maximum absolute atomic E-state index is 2.59. The second-order valence-electron chi connectivity index (χ2n) is 4.36. The first-order chi connectivity index (χ1) is 4.52. The van der Waals surface area contributed by atoms with Gasteiger partial charge in [0, 0.05) is 11.6 Å². The molecular formula is C9H19N. The molecule has 0 aromatic rings. The fraction of sp³-hybridized carbons (Fsp3) is 1.00. The average molecular weight is 141 g/mol. The van der Waals surface area contributed by atoms with E-state index in [1.165, 1.54) is 19.4 Å². The van der Waals surface area contributed by atoms with Crippen LogP contribution in [0.5, 0.6) is 0 Å². The minimum Gasteiger partial charge on any atom is -0.296 e. The molecule has 1 nitrogen and oxygen atoms in total. The third-order valence-electron chi connectivity index (χ3n) is 2.41. The van der Waals surface area contributed by atoms with E-state index < -0.39 is 0 Å². The Morgan fingerprint density at radius 1 is 1.30 bits per heavy atom. The lowest BCUT2D eigenvalue weighted by Gasteiger charge is -2.35. The van der Waals surface area contributed by atoms with Gasteiger partial charge in [0.05, 0.1) is 0 Å². The summed E-state index contributed by atoms with van der Waals surface area (Å²) in [5.41, 5.74) is 0.385. The molecule has 0 aromatic carbocycles. The zero-order valence-corrected chi connectivity index (χ0v) is 7.65. The van der Waals surface area contributed by atoms with Crippen molar-refractivity contribution in [1.82, 2.24) is 4.90 Å². The lowest BCUT2D eigenvalue weighted by molar-refractivity contribution is 0.130. The van der Waals surface area contributed by atoms with Crippen molar-refractivity contribution in [3.05, 3.63) is 0 Å². The number of hydrogen-bond acceptors (Lipinski definition) is 1. The molecule has 0 spiro atoms. The SMILES string of the molecule is CC1CCCN1C(C)(C)C. The van der Waals surface area contributed by atoms with Crippen molar-refractivity contribution in [3.8, 4) is 0 Å². The van der Waals surface area contributed by atoms with Gasteiger partial charge >= 0.3 is 0 Å². The van der Waals surface area contributed by atoms with Gasteiger partial charge in [0.2, 0.25) is 0 Å². The molecule has 0 aliphatic carbocycles. The van der Waals surface area contributed by atoms with E-state index in [1.807, 2.05) is 0 Å². The molecule has 0 saturated carbocycles. The van der Waals surface area contributed by atoms with Gasteiger partial charge in [-0.3, -0.25) is 4.90 Å². The van der Waals surface area contributed by atoms with Crippen LogP contribution in [0.25, 0.3) is 0 Å². The van der Waals surface area contributed by atoms with Gasteiger partial charge in [0.15, 0.2) is 0 Å². The van der Waals surface area contributed by atoms with Crippen molar-refractivity contribution >= 4 is 0 Å². The third-order valence-corrected chi connectivity index (χ3v) is 2.41. The monoisotopic (exact) mass is 141 g/mol. The topological polar surface area (TPSA) is 3.24 Å². The van der Waals surface area contributed by atoms with Crippen molar-refractivity contribution in [2.24, 2.45) is 0 Å². The molecule has 1 aliphatic heterocycles. The van der Waals surface area contributed by atoms with E-state index in [-0.39, 0.29) is 0 Å². The van der Waals surface area contributed by atoms with E-state index in [0.717, 1.165) is 6.04 Å². The fourth-order valence-corrected chi connectivity index (χ4v) is 1.93. The molecule has 1 heteroatoms. The molecule has 0 bridgehead atoms. The van der Waals surface area contributed by atoms with E-state index in [4.69, 9.17) is 0 Å². The summed E-state index contributed by atoms with van der Waals surface area (Å²) in [6, 6.07) is 0.806. The highest BCUT2D eigenvalue weighted by molar-refractivity contribution is 4.85. The van der Waals surface area contributed by atoms with Crippen LogP contribution in [-0.4, -0.2) is 23.0 Å². The Bertz CT molecular complexity index is 112. The molecule has 10 heavy (non-hydrogen) atoms. The third kappa shape index (κ3) is 1.51. The predicted molar refractivity (Wildman–Crippen MR) is 45.2 cm³/mol. The minimum absolute atomic E-state index is 0.385. The highest BCUT2D eigenvalue weighted by atomic mass is 15.2. The quantitative estimate of drug-likeness (QED) is 0.500. The van der Waals surface area contributed by atoms with Gasteiger partial charge in [-0.1, -0.05) is 0 Å². The molecule has 1 fully saturated rings. The first-order valence-corrected chi connectivity index (χ1v) is 4.28. The largest absolute Gasteiger partial charge is 0.296 e. The first kappa shape index (κ1) is 8.06. The molecular weight excluding hydrogens is 122 g/mol. The van der Waals surface area contributed by atoms with Crippen LogP contribution in [0.15, 0.2) is 0 Å². The maximum atomic E-state index is 2.59. The fourth-order valence-electron chi connectivity index (χ4n) is 1.93. The number of rotatable bonds is 0. The summed E-state index contributed by atoms with van der Waals surface area (Å²) < 4.78 is 0. The summed E-state index contributed by atoms with van der Waals surface area (Å²) in [5, 5.41) is 0. The summed E-state index contributed by atoms with van der Waals surface area (Å²) in [6.45, 7) is 10.5. The zero-order valence-electron chi connectivity index (χ0n) is 7.65. The molecule has 1 saturated heterocycles. The highest BCUT2D eigenvalue weighted by Crippen LogP contribution is 2.25.